The van der Waals surface area contributed by atoms with Crippen LogP contribution in [-0.2, 0) is 9.57 Å². The van der Waals surface area contributed by atoms with Crippen molar-refractivity contribution in [3.05, 3.63) is 0 Å². The number of hydrogen-bond donors (Lipinski definition) is 1. The lowest BCUT2D eigenvalue weighted by molar-refractivity contribution is -0.120. The molecule has 1 spiro atoms. The smallest absolute Gasteiger partial charge is 0.0790 e. The maximum atomic E-state index is 6.03. The van der Waals surface area contributed by atoms with E-state index in [1.54, 1.807) is 0 Å². The summed E-state index contributed by atoms with van der Waals surface area (Å²) in [5, 5.41) is 0. The second kappa shape index (κ2) is 5.25. The quantitative estimate of drug-likeness (QED) is 0.768. The predicted molar refractivity (Wildman–Crippen MR) is 66.6 cm³/mol. The molecule has 1 unspecified atom stereocenters. The Morgan fingerprint density at radius 3 is 2.53 bits per heavy atom. The van der Waals surface area contributed by atoms with Crippen LogP contribution in [0, 0.1) is 0 Å². The minimum atomic E-state index is 0.203. The molecule has 1 saturated heterocycles. The van der Waals surface area contributed by atoms with Crippen molar-refractivity contribution < 1.29 is 9.57 Å². The van der Waals surface area contributed by atoms with Crippen molar-refractivity contribution in [1.29, 1.82) is 0 Å². The van der Waals surface area contributed by atoms with E-state index in [0.717, 1.165) is 19.4 Å². The fourth-order valence-corrected chi connectivity index (χ4v) is 3.69. The molecule has 3 heteroatoms. The van der Waals surface area contributed by atoms with Crippen molar-refractivity contribution in [3.63, 3.8) is 0 Å². The largest absolute Gasteiger partial charge is 0.375 e. The van der Waals surface area contributed by atoms with E-state index in [2.05, 4.69) is 5.48 Å². The number of rotatable bonds is 3. The van der Waals surface area contributed by atoms with E-state index < -0.39 is 0 Å². The number of ether oxygens (including phenoxy) is 1. The van der Waals surface area contributed by atoms with Crippen LogP contribution < -0.4 is 5.48 Å². The van der Waals surface area contributed by atoms with Crippen LogP contribution in [0.5, 0.6) is 0 Å². The molecule has 0 radical (unpaired) electrons. The SMILES string of the molecule is C1CCC(ONC2CCOC3(CCCC3)C2)C1. The molecule has 3 fully saturated rings. The summed E-state index contributed by atoms with van der Waals surface area (Å²) in [6.45, 7) is 0.908. The van der Waals surface area contributed by atoms with Gasteiger partial charge in [-0.25, -0.2) is 0 Å². The zero-order valence-corrected chi connectivity index (χ0v) is 10.7. The molecule has 3 aliphatic rings. The van der Waals surface area contributed by atoms with Gasteiger partial charge in [0.1, 0.15) is 0 Å². The van der Waals surface area contributed by atoms with Crippen LogP contribution in [0.4, 0.5) is 0 Å². The Kier molecular flexibility index (Phi) is 3.69. The van der Waals surface area contributed by atoms with Gasteiger partial charge in [0.15, 0.2) is 0 Å². The Balaban J connectivity index is 1.46. The monoisotopic (exact) mass is 239 g/mol. The Morgan fingerprint density at radius 1 is 1.00 bits per heavy atom. The van der Waals surface area contributed by atoms with Gasteiger partial charge in [-0.2, -0.15) is 5.48 Å². The van der Waals surface area contributed by atoms with Crippen LogP contribution in [0.1, 0.15) is 64.2 Å². The van der Waals surface area contributed by atoms with Gasteiger partial charge >= 0.3 is 0 Å². The van der Waals surface area contributed by atoms with Crippen molar-refractivity contribution in [2.24, 2.45) is 0 Å². The van der Waals surface area contributed by atoms with Crippen LogP contribution in [0.3, 0.4) is 0 Å². The van der Waals surface area contributed by atoms with E-state index in [1.165, 1.54) is 51.4 Å². The summed E-state index contributed by atoms with van der Waals surface area (Å²) in [5.41, 5.74) is 3.54. The standard InChI is InChI=1S/C14H25NO2/c1-2-6-13(5-1)17-15-12-7-10-16-14(11-12)8-3-4-9-14/h12-13,15H,1-11H2. The maximum absolute atomic E-state index is 6.03. The summed E-state index contributed by atoms with van der Waals surface area (Å²) in [6.07, 6.45) is 13.1. The molecule has 0 aromatic carbocycles. The normalized spacial score (nSPS) is 33.5. The Bertz CT molecular complexity index is 245. The highest BCUT2D eigenvalue weighted by Crippen LogP contribution is 2.40. The van der Waals surface area contributed by atoms with E-state index in [4.69, 9.17) is 9.57 Å². The molecule has 0 aromatic rings. The van der Waals surface area contributed by atoms with Crippen LogP contribution in [0.25, 0.3) is 0 Å². The summed E-state index contributed by atoms with van der Waals surface area (Å²) < 4.78 is 6.03. The van der Waals surface area contributed by atoms with Gasteiger partial charge in [-0.15, -0.1) is 0 Å². The zero-order chi connectivity index (χ0) is 11.6. The van der Waals surface area contributed by atoms with Crippen LogP contribution in [0.15, 0.2) is 0 Å². The van der Waals surface area contributed by atoms with Gasteiger partial charge in [0.25, 0.3) is 0 Å². The maximum Gasteiger partial charge on any atom is 0.0790 e. The molecule has 0 amide bonds. The van der Waals surface area contributed by atoms with Crippen molar-refractivity contribution in [2.75, 3.05) is 6.61 Å². The highest BCUT2D eigenvalue weighted by Gasteiger charge is 2.40. The molecule has 0 aromatic heterocycles. The molecule has 0 bridgehead atoms. The first kappa shape index (κ1) is 11.9. The first-order chi connectivity index (χ1) is 8.36. The van der Waals surface area contributed by atoms with Gasteiger partial charge in [0.05, 0.1) is 11.7 Å². The van der Waals surface area contributed by atoms with Crippen molar-refractivity contribution >= 4 is 0 Å². The van der Waals surface area contributed by atoms with Gasteiger partial charge in [0, 0.05) is 12.6 Å². The van der Waals surface area contributed by atoms with Crippen molar-refractivity contribution in [1.82, 2.24) is 5.48 Å². The number of nitrogens with one attached hydrogen (secondary N) is 1. The fraction of sp³-hybridized carbons (Fsp3) is 1.00. The molecule has 1 heterocycles. The molecular weight excluding hydrogens is 214 g/mol. The van der Waals surface area contributed by atoms with Gasteiger partial charge in [-0.1, -0.05) is 25.7 Å². The van der Waals surface area contributed by atoms with Crippen LogP contribution in [0.2, 0.25) is 0 Å². The number of hydrogen-bond acceptors (Lipinski definition) is 3. The summed E-state index contributed by atoms with van der Waals surface area (Å²) in [4.78, 5) is 5.84. The topological polar surface area (TPSA) is 30.5 Å². The van der Waals surface area contributed by atoms with Gasteiger partial charge in [-0.05, 0) is 38.5 Å². The first-order valence-corrected chi connectivity index (χ1v) is 7.41. The molecule has 2 saturated carbocycles. The third-order valence-electron chi connectivity index (χ3n) is 4.71. The van der Waals surface area contributed by atoms with Gasteiger partial charge in [0.2, 0.25) is 0 Å². The lowest BCUT2D eigenvalue weighted by Gasteiger charge is -2.38. The van der Waals surface area contributed by atoms with Crippen molar-refractivity contribution in [3.8, 4) is 0 Å². The molecule has 2 aliphatic carbocycles. The Morgan fingerprint density at radius 2 is 1.76 bits per heavy atom. The lowest BCUT2D eigenvalue weighted by Crippen LogP contribution is -2.46. The van der Waals surface area contributed by atoms with Gasteiger partial charge < -0.3 is 4.74 Å². The second-order valence-electron chi connectivity index (χ2n) is 6.07. The lowest BCUT2D eigenvalue weighted by atomic mass is 9.89. The summed E-state index contributed by atoms with van der Waals surface area (Å²) in [7, 11) is 0. The highest BCUT2D eigenvalue weighted by atomic mass is 16.7. The average molecular weight is 239 g/mol. The molecule has 1 N–H and O–H groups in total. The minimum absolute atomic E-state index is 0.203. The fourth-order valence-electron chi connectivity index (χ4n) is 3.69. The van der Waals surface area contributed by atoms with E-state index in [0.29, 0.717) is 12.1 Å². The third kappa shape index (κ3) is 2.83. The molecule has 3 rings (SSSR count). The van der Waals surface area contributed by atoms with Gasteiger partial charge in [-0.3, -0.25) is 4.84 Å². The van der Waals surface area contributed by atoms with E-state index in [9.17, 15) is 0 Å². The Hall–Kier alpha value is -0.120. The first-order valence-electron chi connectivity index (χ1n) is 7.41. The average Bonchev–Trinajstić information content (AvgIpc) is 2.99. The summed E-state index contributed by atoms with van der Waals surface area (Å²) >= 11 is 0. The number of hydroxylamine groups is 1. The molecule has 1 atom stereocenters. The molecular formula is C14H25NO2. The summed E-state index contributed by atoms with van der Waals surface area (Å²) in [5.74, 6) is 0. The highest BCUT2D eigenvalue weighted by molar-refractivity contribution is 4.92. The van der Waals surface area contributed by atoms with Crippen molar-refractivity contribution in [2.45, 2.75) is 82.0 Å². The predicted octanol–water partition coefficient (Wildman–Crippen LogP) is 2.94. The minimum Gasteiger partial charge on any atom is -0.375 e. The second-order valence-corrected chi connectivity index (χ2v) is 6.07. The third-order valence-corrected chi connectivity index (χ3v) is 4.71. The van der Waals surface area contributed by atoms with E-state index >= 15 is 0 Å². The molecule has 3 nitrogen and oxygen atoms in total. The molecule has 98 valence electrons. The zero-order valence-electron chi connectivity index (χ0n) is 10.7. The summed E-state index contributed by atoms with van der Waals surface area (Å²) in [6, 6.07) is 0.516. The van der Waals surface area contributed by atoms with E-state index in [-0.39, 0.29) is 5.60 Å². The molecule has 1 aliphatic heterocycles. The Labute approximate surface area is 104 Å². The van der Waals surface area contributed by atoms with E-state index in [1.807, 2.05) is 0 Å². The van der Waals surface area contributed by atoms with Crippen LogP contribution >= 0.6 is 0 Å². The molecule has 17 heavy (non-hydrogen) atoms. The van der Waals surface area contributed by atoms with Crippen LogP contribution in [-0.4, -0.2) is 24.4 Å².